The first-order valence-electron chi connectivity index (χ1n) is 8.62. The molecule has 3 heterocycles. The molecular formula is C19H20N2O6. The lowest BCUT2D eigenvalue weighted by molar-refractivity contribution is -0.136. The van der Waals surface area contributed by atoms with E-state index < -0.39 is 12.1 Å². The molecule has 8 heteroatoms. The van der Waals surface area contributed by atoms with E-state index in [-0.39, 0.29) is 21.5 Å². The molecule has 2 amide bonds. The summed E-state index contributed by atoms with van der Waals surface area (Å²) in [5, 5.41) is 5.62. The Bertz CT molecular complexity index is 1050. The Balaban J connectivity index is 0.00000120. The molecule has 0 aliphatic carbocycles. The van der Waals surface area contributed by atoms with Crippen LogP contribution in [0.2, 0.25) is 0 Å². The summed E-state index contributed by atoms with van der Waals surface area (Å²) in [5.41, 5.74) is 3.07. The molecule has 8 nitrogen and oxygen atoms in total. The van der Waals surface area contributed by atoms with E-state index in [1.54, 1.807) is 18.2 Å². The lowest BCUT2D eigenvalue weighted by Gasteiger charge is -2.29. The maximum absolute atomic E-state index is 12.5. The first-order chi connectivity index (χ1) is 13.2. The molecule has 142 valence electrons. The number of benzene rings is 2. The van der Waals surface area contributed by atoms with Crippen LogP contribution in [0, 0.1) is 0 Å². The number of carbonyl (C=O) groups is 2. The zero-order valence-electron chi connectivity index (χ0n) is 14.2. The summed E-state index contributed by atoms with van der Waals surface area (Å²) in [5.74, 6) is 0.921. The van der Waals surface area contributed by atoms with Crippen molar-refractivity contribution in [2.75, 3.05) is 6.79 Å². The van der Waals surface area contributed by atoms with Crippen LogP contribution in [0.5, 0.6) is 11.5 Å². The highest BCUT2D eigenvalue weighted by atomic mass is 17.0. The summed E-state index contributed by atoms with van der Waals surface area (Å²) in [4.78, 5) is 25.0. The number of carbonyl (C=O) groups excluding carboxylic acids is 2. The highest BCUT2D eigenvalue weighted by molar-refractivity contribution is 5.97. The number of ether oxygens (including phenoxy) is 2. The van der Waals surface area contributed by atoms with E-state index >= 15 is 0 Å². The monoisotopic (exact) mass is 372 g/mol. The Morgan fingerprint density at radius 3 is 2.11 bits per heavy atom. The van der Waals surface area contributed by atoms with Crippen molar-refractivity contribution in [2.45, 2.75) is 24.9 Å². The van der Waals surface area contributed by atoms with Gasteiger partial charge in [0.15, 0.2) is 11.5 Å². The second-order valence-electron chi connectivity index (χ2n) is 6.67. The molecule has 0 bridgehead atoms. The Morgan fingerprint density at radius 2 is 1.44 bits per heavy atom. The van der Waals surface area contributed by atoms with E-state index in [2.05, 4.69) is 10.6 Å². The van der Waals surface area contributed by atoms with Gasteiger partial charge in [0.1, 0.15) is 12.1 Å². The maximum atomic E-state index is 12.5. The minimum Gasteiger partial charge on any atom is -0.454 e. The fourth-order valence-corrected chi connectivity index (χ4v) is 3.37. The molecule has 0 saturated carbocycles. The summed E-state index contributed by atoms with van der Waals surface area (Å²) < 4.78 is 20.3. The van der Waals surface area contributed by atoms with Gasteiger partial charge in [0, 0.05) is 15.7 Å². The number of amides is 2. The van der Waals surface area contributed by atoms with Gasteiger partial charge in [-0.25, -0.2) is 0 Å². The van der Waals surface area contributed by atoms with Gasteiger partial charge in [-0.2, -0.15) is 0 Å². The van der Waals surface area contributed by atoms with Crippen LogP contribution in [-0.4, -0.2) is 30.7 Å². The first kappa shape index (κ1) is 15.8. The van der Waals surface area contributed by atoms with Crippen LogP contribution >= 0.6 is 0 Å². The minimum atomic E-state index is -0.623. The number of hydrogen-bond acceptors (Lipinski definition) is 6. The predicted octanol–water partition coefficient (Wildman–Crippen LogP) is 2.01. The molecule has 0 spiro atoms. The van der Waals surface area contributed by atoms with Gasteiger partial charge < -0.3 is 20.1 Å². The van der Waals surface area contributed by atoms with Crippen molar-refractivity contribution in [1.29, 1.82) is 0 Å². The van der Waals surface area contributed by atoms with Gasteiger partial charge in [-0.3, -0.25) is 18.7 Å². The van der Waals surface area contributed by atoms with Crippen LogP contribution in [0.4, 0.5) is 0 Å². The van der Waals surface area contributed by atoms with E-state index in [0.717, 1.165) is 11.1 Å². The summed E-state index contributed by atoms with van der Waals surface area (Å²) in [6.45, 7) is 0.195. The smallest absolute Gasteiger partial charge is 0.243 e. The lowest BCUT2D eigenvalue weighted by Crippen LogP contribution is -2.62. The quantitative estimate of drug-likeness (QED) is 0.679. The molecule has 27 heavy (non-hydrogen) atoms. The summed E-state index contributed by atoms with van der Waals surface area (Å²) in [6.07, 6.45) is 0.760. The molecule has 2 N–H and O–H groups in total. The molecule has 0 radical (unpaired) electrons. The van der Waals surface area contributed by atoms with Crippen molar-refractivity contribution in [3.05, 3.63) is 47.5 Å². The van der Waals surface area contributed by atoms with Crippen LogP contribution in [0.25, 0.3) is 11.2 Å². The van der Waals surface area contributed by atoms with E-state index in [0.29, 0.717) is 35.5 Å². The predicted molar refractivity (Wildman–Crippen MR) is 96.5 cm³/mol. The maximum Gasteiger partial charge on any atom is 0.243 e. The minimum absolute atomic E-state index is 0. The number of piperazine rings is 1. The van der Waals surface area contributed by atoms with E-state index in [4.69, 9.17) is 18.6 Å². The third kappa shape index (κ3) is 2.88. The zero-order chi connectivity index (χ0) is 18.4. The lowest BCUT2D eigenvalue weighted by atomic mass is 9.98. The van der Waals surface area contributed by atoms with Crippen molar-refractivity contribution in [3.8, 4) is 11.5 Å². The fraction of sp³-hybridized carbons (Fsp3) is 0.263. The number of fused-ring (bicyclic) bond motifs is 2. The van der Waals surface area contributed by atoms with Crippen molar-refractivity contribution >= 4 is 23.0 Å². The van der Waals surface area contributed by atoms with Gasteiger partial charge in [-0.05, 0) is 35.4 Å². The third-order valence-electron chi connectivity index (χ3n) is 4.81. The van der Waals surface area contributed by atoms with Crippen LogP contribution in [0.1, 0.15) is 14.0 Å². The van der Waals surface area contributed by atoms with Gasteiger partial charge in [0.25, 0.3) is 0 Å². The highest BCUT2D eigenvalue weighted by Gasteiger charge is 2.34. The van der Waals surface area contributed by atoms with Gasteiger partial charge in [-0.15, -0.1) is 0 Å². The molecular weight excluding hydrogens is 352 g/mol. The second kappa shape index (κ2) is 6.08. The first-order valence-corrected chi connectivity index (χ1v) is 8.62. The summed E-state index contributed by atoms with van der Waals surface area (Å²) in [7, 11) is 0. The van der Waals surface area contributed by atoms with Crippen LogP contribution in [0.3, 0.4) is 0 Å². The summed E-state index contributed by atoms with van der Waals surface area (Å²) in [6, 6.07) is 9.68. The Hall–Kier alpha value is -3.42. The second-order valence-corrected chi connectivity index (χ2v) is 6.67. The molecule has 2 unspecified atom stereocenters. The average Bonchev–Trinajstić information content (AvgIpc) is 3.09. The van der Waals surface area contributed by atoms with Crippen molar-refractivity contribution in [2.24, 2.45) is 0 Å². The van der Waals surface area contributed by atoms with Crippen molar-refractivity contribution in [1.82, 2.24) is 10.6 Å². The summed E-state index contributed by atoms with van der Waals surface area (Å²) >= 11 is 0. The molecule has 5 rings (SSSR count). The van der Waals surface area contributed by atoms with Crippen LogP contribution in [-0.2, 0) is 22.4 Å². The SMILES string of the molecule is O=C1NC(Cc2ccc3ooc3c2)C(=O)NC1Cc1ccc2c(c1)OCO2.[HH].[HH]. The van der Waals surface area contributed by atoms with Gasteiger partial charge in [0.2, 0.25) is 29.8 Å². The highest BCUT2D eigenvalue weighted by Crippen LogP contribution is 2.32. The molecule has 3 aromatic rings. The molecule has 2 aliphatic rings. The standard InChI is InChI=1S/C19H16N2O6.2H2/c22-18-12(5-10-1-3-14-16(7-10)25-9-24-14)20-19(23)13(21-18)6-11-2-4-15-17(8-11)27-26-15;;/h1-4,7-8,12-13H,5-6,9H2,(H,20,23)(H,21,22);2*1H. The molecule has 1 aromatic heterocycles. The zero-order valence-corrected chi connectivity index (χ0v) is 14.2. The van der Waals surface area contributed by atoms with Crippen molar-refractivity contribution in [3.63, 3.8) is 0 Å². The normalized spacial score (nSPS) is 21.3. The largest absolute Gasteiger partial charge is 0.454 e. The Kier molecular flexibility index (Phi) is 3.56. The molecule has 2 aliphatic heterocycles. The molecule has 1 saturated heterocycles. The van der Waals surface area contributed by atoms with Gasteiger partial charge >= 0.3 is 0 Å². The molecule has 1 fully saturated rings. The Labute approximate surface area is 156 Å². The molecule has 2 aromatic carbocycles. The number of hydrogen-bond donors (Lipinski definition) is 2. The number of nitrogens with one attached hydrogen (secondary N) is 2. The molecule has 2 atom stereocenters. The van der Waals surface area contributed by atoms with Gasteiger partial charge in [-0.1, -0.05) is 12.1 Å². The van der Waals surface area contributed by atoms with Crippen LogP contribution in [0.15, 0.2) is 45.6 Å². The van der Waals surface area contributed by atoms with Crippen LogP contribution < -0.4 is 20.1 Å². The van der Waals surface area contributed by atoms with E-state index in [1.807, 2.05) is 18.2 Å². The average molecular weight is 372 g/mol. The Morgan fingerprint density at radius 1 is 0.815 bits per heavy atom. The fourth-order valence-electron chi connectivity index (χ4n) is 3.37. The van der Waals surface area contributed by atoms with Gasteiger partial charge in [0.05, 0.1) is 0 Å². The topological polar surface area (TPSA) is 103 Å². The van der Waals surface area contributed by atoms with E-state index in [9.17, 15) is 9.59 Å². The van der Waals surface area contributed by atoms with Crippen molar-refractivity contribution < 1.29 is 31.1 Å². The van der Waals surface area contributed by atoms with E-state index in [1.165, 1.54) is 0 Å². The third-order valence-corrected chi connectivity index (χ3v) is 4.81. The number of rotatable bonds is 4.